The lowest BCUT2D eigenvalue weighted by Crippen LogP contribution is -2.47. The number of carbonyl (C=O) groups is 2. The van der Waals surface area contributed by atoms with E-state index in [9.17, 15) is 14.7 Å². The first kappa shape index (κ1) is 24.9. The minimum Gasteiger partial charge on any atom is -0.487 e. The summed E-state index contributed by atoms with van der Waals surface area (Å²) < 4.78 is 12.2. The maximum Gasteiger partial charge on any atom is 0.319 e. The lowest BCUT2D eigenvalue weighted by molar-refractivity contribution is -0.142. The SMILES string of the molecule is O=C(C[C@@H]1C[C@H]2c3cc(NC(=O)NC4CCCC4)ccc3O[C@H]2[C@H](CO)O1)NCc1ccc(Cl)cc1. The third kappa shape index (κ3) is 5.77. The van der Waals surface area contributed by atoms with E-state index >= 15 is 0 Å². The second-order valence-corrected chi connectivity index (χ2v) is 10.3. The monoisotopic (exact) mass is 513 g/mol. The molecule has 2 heterocycles. The molecule has 1 aliphatic carbocycles. The molecule has 1 saturated heterocycles. The Labute approximate surface area is 215 Å². The van der Waals surface area contributed by atoms with E-state index in [1.807, 2.05) is 30.3 Å². The molecule has 0 bridgehead atoms. The zero-order valence-electron chi connectivity index (χ0n) is 20.0. The molecule has 1 saturated carbocycles. The van der Waals surface area contributed by atoms with Crippen molar-refractivity contribution in [1.82, 2.24) is 10.6 Å². The van der Waals surface area contributed by atoms with Gasteiger partial charge in [-0.3, -0.25) is 4.79 Å². The summed E-state index contributed by atoms with van der Waals surface area (Å²) in [5, 5.41) is 19.5. The summed E-state index contributed by atoms with van der Waals surface area (Å²) >= 11 is 5.92. The molecule has 2 aromatic rings. The maximum atomic E-state index is 12.6. The highest BCUT2D eigenvalue weighted by Gasteiger charge is 2.46. The number of halogens is 1. The molecular formula is C27H32ClN3O5. The van der Waals surface area contributed by atoms with E-state index in [1.165, 1.54) is 0 Å². The zero-order valence-corrected chi connectivity index (χ0v) is 20.8. The fourth-order valence-corrected chi connectivity index (χ4v) is 5.60. The first-order valence-corrected chi connectivity index (χ1v) is 13.0. The molecule has 5 rings (SSSR count). The van der Waals surface area contributed by atoms with Crippen LogP contribution in [0.15, 0.2) is 42.5 Å². The lowest BCUT2D eigenvalue weighted by atomic mass is 9.84. The fraction of sp³-hybridized carbons (Fsp3) is 0.481. The van der Waals surface area contributed by atoms with E-state index < -0.39 is 6.10 Å². The van der Waals surface area contributed by atoms with Crippen molar-refractivity contribution >= 4 is 29.2 Å². The quantitative estimate of drug-likeness (QED) is 0.445. The molecule has 192 valence electrons. The van der Waals surface area contributed by atoms with E-state index in [1.54, 1.807) is 12.1 Å². The number of hydrogen-bond donors (Lipinski definition) is 4. The fourth-order valence-electron chi connectivity index (χ4n) is 5.47. The average molecular weight is 514 g/mol. The van der Waals surface area contributed by atoms with Gasteiger partial charge in [0.05, 0.1) is 19.1 Å². The molecule has 4 N–H and O–H groups in total. The molecule has 2 aliphatic heterocycles. The van der Waals surface area contributed by atoms with Gasteiger partial charge in [-0.15, -0.1) is 0 Å². The van der Waals surface area contributed by atoms with Crippen LogP contribution in [-0.4, -0.2) is 48.0 Å². The van der Waals surface area contributed by atoms with Gasteiger partial charge in [0.15, 0.2) is 0 Å². The summed E-state index contributed by atoms with van der Waals surface area (Å²) in [6.07, 6.45) is 3.89. The predicted octanol–water partition coefficient (Wildman–Crippen LogP) is 4.11. The van der Waals surface area contributed by atoms with Gasteiger partial charge in [-0.05, 0) is 55.2 Å². The second-order valence-electron chi connectivity index (χ2n) is 9.84. The number of benzene rings is 2. The van der Waals surface area contributed by atoms with Gasteiger partial charge in [0, 0.05) is 34.8 Å². The Balaban J connectivity index is 1.21. The molecule has 8 nitrogen and oxygen atoms in total. The van der Waals surface area contributed by atoms with E-state index in [-0.39, 0.29) is 49.1 Å². The Hall–Kier alpha value is -2.81. The number of rotatable bonds is 7. The number of urea groups is 1. The van der Waals surface area contributed by atoms with Crippen molar-refractivity contribution in [3.63, 3.8) is 0 Å². The molecule has 9 heteroatoms. The van der Waals surface area contributed by atoms with Crippen LogP contribution in [0.5, 0.6) is 5.75 Å². The molecule has 0 radical (unpaired) electrons. The van der Waals surface area contributed by atoms with Crippen molar-refractivity contribution in [2.75, 3.05) is 11.9 Å². The van der Waals surface area contributed by atoms with Crippen molar-refractivity contribution in [3.05, 3.63) is 58.6 Å². The highest BCUT2D eigenvalue weighted by atomic mass is 35.5. The summed E-state index contributed by atoms with van der Waals surface area (Å²) in [5.41, 5.74) is 2.62. The van der Waals surface area contributed by atoms with Crippen molar-refractivity contribution in [2.45, 2.75) is 75.3 Å². The molecule has 0 unspecified atom stereocenters. The van der Waals surface area contributed by atoms with Gasteiger partial charge in [0.25, 0.3) is 0 Å². The summed E-state index contributed by atoms with van der Waals surface area (Å²) in [6.45, 7) is 0.203. The van der Waals surface area contributed by atoms with Crippen LogP contribution in [0.2, 0.25) is 5.02 Å². The molecule has 2 fully saturated rings. The van der Waals surface area contributed by atoms with Gasteiger partial charge >= 0.3 is 6.03 Å². The van der Waals surface area contributed by atoms with Crippen LogP contribution in [-0.2, 0) is 16.1 Å². The van der Waals surface area contributed by atoms with Crippen LogP contribution in [0, 0.1) is 0 Å². The number of hydrogen-bond acceptors (Lipinski definition) is 5. The van der Waals surface area contributed by atoms with Crippen molar-refractivity contribution < 1.29 is 24.2 Å². The standard InChI is InChI=1S/C27H32ClN3O5/c28-17-7-5-16(6-8-17)14-29-25(33)13-20-12-22-21-11-19(31-27(34)30-18-3-1-2-4-18)9-10-23(21)36-26(22)24(15-32)35-20/h5-11,18,20,22,24,26,32H,1-4,12-15H2,(H,29,33)(H2,30,31,34)/t20-,22-,24-,26+/m0/s1. The number of anilines is 1. The van der Waals surface area contributed by atoms with Gasteiger partial charge in [0.2, 0.25) is 5.91 Å². The Morgan fingerprint density at radius 2 is 1.86 bits per heavy atom. The van der Waals surface area contributed by atoms with Gasteiger partial charge < -0.3 is 30.5 Å². The molecule has 0 spiro atoms. The summed E-state index contributed by atoms with van der Waals surface area (Å²) in [4.78, 5) is 25.1. The summed E-state index contributed by atoms with van der Waals surface area (Å²) in [7, 11) is 0. The predicted molar refractivity (Wildman–Crippen MR) is 136 cm³/mol. The minimum absolute atomic E-state index is 0.0420. The van der Waals surface area contributed by atoms with E-state index in [0.717, 1.165) is 42.6 Å². The zero-order chi connectivity index (χ0) is 25.1. The topological polar surface area (TPSA) is 109 Å². The maximum absolute atomic E-state index is 12.6. The van der Waals surface area contributed by atoms with Gasteiger partial charge in [-0.2, -0.15) is 0 Å². The number of aliphatic hydroxyl groups excluding tert-OH is 1. The first-order chi connectivity index (χ1) is 17.5. The lowest BCUT2D eigenvalue weighted by Gasteiger charge is -2.37. The molecule has 36 heavy (non-hydrogen) atoms. The van der Waals surface area contributed by atoms with Crippen LogP contribution in [0.4, 0.5) is 10.5 Å². The Morgan fingerprint density at radius 1 is 1.08 bits per heavy atom. The largest absolute Gasteiger partial charge is 0.487 e. The van der Waals surface area contributed by atoms with Gasteiger partial charge in [0.1, 0.15) is 18.0 Å². The number of amides is 3. The normalized spacial score (nSPS) is 24.9. The molecule has 2 aromatic carbocycles. The molecule has 3 amide bonds. The third-order valence-electron chi connectivity index (χ3n) is 7.26. The highest BCUT2D eigenvalue weighted by Crippen LogP contribution is 2.47. The van der Waals surface area contributed by atoms with Crippen LogP contribution in [0.1, 0.15) is 55.6 Å². The van der Waals surface area contributed by atoms with Crippen LogP contribution in [0.3, 0.4) is 0 Å². The molecule has 3 aliphatic rings. The smallest absolute Gasteiger partial charge is 0.319 e. The third-order valence-corrected chi connectivity index (χ3v) is 7.52. The van der Waals surface area contributed by atoms with Crippen molar-refractivity contribution in [3.8, 4) is 5.75 Å². The van der Waals surface area contributed by atoms with Gasteiger partial charge in [-0.25, -0.2) is 4.79 Å². The van der Waals surface area contributed by atoms with Crippen molar-refractivity contribution in [1.29, 1.82) is 0 Å². The van der Waals surface area contributed by atoms with Crippen LogP contribution in [0.25, 0.3) is 0 Å². The van der Waals surface area contributed by atoms with Crippen LogP contribution >= 0.6 is 11.6 Å². The Bertz CT molecular complexity index is 1090. The van der Waals surface area contributed by atoms with Crippen LogP contribution < -0.4 is 20.7 Å². The second kappa shape index (κ2) is 11.1. The first-order valence-electron chi connectivity index (χ1n) is 12.6. The number of nitrogens with one attached hydrogen (secondary N) is 3. The molecular weight excluding hydrogens is 482 g/mol. The van der Waals surface area contributed by atoms with E-state index in [2.05, 4.69) is 16.0 Å². The van der Waals surface area contributed by atoms with E-state index in [4.69, 9.17) is 21.1 Å². The van der Waals surface area contributed by atoms with Crippen molar-refractivity contribution in [2.24, 2.45) is 0 Å². The van der Waals surface area contributed by atoms with Gasteiger partial charge in [-0.1, -0.05) is 36.6 Å². The number of fused-ring (bicyclic) bond motifs is 3. The number of carbonyl (C=O) groups excluding carboxylic acids is 2. The molecule has 0 aromatic heterocycles. The number of aliphatic hydroxyl groups is 1. The highest BCUT2D eigenvalue weighted by molar-refractivity contribution is 6.30. The van der Waals surface area contributed by atoms with E-state index in [0.29, 0.717) is 23.7 Å². The Morgan fingerprint density at radius 3 is 2.61 bits per heavy atom. The Kier molecular flexibility index (Phi) is 7.65. The summed E-state index contributed by atoms with van der Waals surface area (Å²) in [6, 6.07) is 13.0. The average Bonchev–Trinajstić information content (AvgIpc) is 3.51. The summed E-state index contributed by atoms with van der Waals surface area (Å²) in [5.74, 6) is 0.560. The minimum atomic E-state index is -0.535. The number of ether oxygens (including phenoxy) is 2. The molecule has 4 atom stereocenters.